The van der Waals surface area contributed by atoms with Gasteiger partial charge in [0.05, 0.1) is 24.9 Å². The maximum Gasteiger partial charge on any atom is 0.271 e. The third kappa shape index (κ3) is 4.87. The molecule has 40 heavy (non-hydrogen) atoms. The molecule has 0 bridgehead atoms. The lowest BCUT2D eigenvalue weighted by Crippen LogP contribution is -2.45. The zero-order valence-electron chi connectivity index (χ0n) is 21.5. The Morgan fingerprint density at radius 1 is 1.02 bits per heavy atom. The number of fused-ring (bicyclic) bond motifs is 4. The van der Waals surface area contributed by atoms with Crippen LogP contribution in [0.3, 0.4) is 0 Å². The van der Waals surface area contributed by atoms with Gasteiger partial charge in [0.25, 0.3) is 11.5 Å². The molecule has 2 aliphatic rings. The highest BCUT2D eigenvalue weighted by Crippen LogP contribution is 2.35. The van der Waals surface area contributed by atoms with Gasteiger partial charge >= 0.3 is 0 Å². The van der Waals surface area contributed by atoms with Crippen molar-refractivity contribution in [1.29, 1.82) is 0 Å². The number of amides is 2. The monoisotopic (exact) mass is 552 g/mol. The number of aliphatic imine (C=N–C) groups is 2. The van der Waals surface area contributed by atoms with Crippen LogP contribution in [0.15, 0.2) is 93.8 Å². The Morgan fingerprint density at radius 2 is 1.82 bits per heavy atom. The lowest BCUT2D eigenvalue weighted by molar-refractivity contribution is -0.126. The number of carbonyl (C=O) groups is 2. The third-order valence-electron chi connectivity index (χ3n) is 6.63. The van der Waals surface area contributed by atoms with Gasteiger partial charge in [0, 0.05) is 35.7 Å². The van der Waals surface area contributed by atoms with Crippen LogP contribution >= 0.6 is 11.8 Å². The van der Waals surface area contributed by atoms with E-state index in [9.17, 15) is 14.4 Å². The lowest BCUT2D eigenvalue weighted by atomic mass is 10.1. The number of rotatable bonds is 7. The molecule has 11 heteroatoms. The summed E-state index contributed by atoms with van der Waals surface area (Å²) in [5.74, 6) is 0.771. The van der Waals surface area contributed by atoms with Gasteiger partial charge in [-0.25, -0.2) is 9.98 Å². The van der Waals surface area contributed by atoms with Gasteiger partial charge in [-0.1, -0.05) is 48.2 Å². The molecule has 2 aliphatic heterocycles. The Hall–Kier alpha value is -4.77. The number of amidine groups is 2. The van der Waals surface area contributed by atoms with Crippen molar-refractivity contribution < 1.29 is 14.3 Å². The molecular formula is C29H24N6O4S. The maximum atomic E-state index is 13.1. The number of methoxy groups -OCH3 is 1. The molecule has 0 fully saturated rings. The summed E-state index contributed by atoms with van der Waals surface area (Å²) in [4.78, 5) is 54.2. The molecule has 0 spiro atoms. The molecule has 2 aromatic carbocycles. The largest absolute Gasteiger partial charge is 0.496 e. The van der Waals surface area contributed by atoms with Crippen LogP contribution in [0.2, 0.25) is 0 Å². The molecule has 4 heterocycles. The second-order valence-electron chi connectivity index (χ2n) is 9.17. The Labute approximate surface area is 233 Å². The summed E-state index contributed by atoms with van der Waals surface area (Å²) in [6.07, 6.45) is 1.57. The first-order valence-electron chi connectivity index (χ1n) is 12.6. The molecule has 1 N–H and O–H groups in total. The lowest BCUT2D eigenvalue weighted by Gasteiger charge is -2.30. The fraction of sp³-hybridized carbons (Fsp3) is 0.172. The van der Waals surface area contributed by atoms with Crippen LogP contribution in [0.1, 0.15) is 23.2 Å². The summed E-state index contributed by atoms with van der Waals surface area (Å²) < 4.78 is 6.84. The van der Waals surface area contributed by atoms with E-state index in [0.29, 0.717) is 39.5 Å². The van der Waals surface area contributed by atoms with Gasteiger partial charge in [0.1, 0.15) is 23.3 Å². The molecule has 0 saturated heterocycles. The van der Waals surface area contributed by atoms with Gasteiger partial charge in [0.2, 0.25) is 5.91 Å². The number of thioether (sulfide) groups is 1. The summed E-state index contributed by atoms with van der Waals surface area (Å²) in [7, 11) is 1.58. The van der Waals surface area contributed by atoms with Crippen LogP contribution in [0.5, 0.6) is 5.75 Å². The number of benzene rings is 2. The fourth-order valence-electron chi connectivity index (χ4n) is 4.71. The number of hydrogen-bond acceptors (Lipinski definition) is 8. The molecule has 1 unspecified atom stereocenters. The highest BCUT2D eigenvalue weighted by Gasteiger charge is 2.42. The molecule has 0 radical (unpaired) electrons. The summed E-state index contributed by atoms with van der Waals surface area (Å²) in [6, 6.07) is 20.9. The molecule has 0 aliphatic carbocycles. The Bertz CT molecular complexity index is 1760. The number of aromatic nitrogens is 2. The van der Waals surface area contributed by atoms with Crippen molar-refractivity contribution >= 4 is 45.9 Å². The molecule has 0 saturated carbocycles. The van der Waals surface area contributed by atoms with E-state index in [-0.39, 0.29) is 24.4 Å². The van der Waals surface area contributed by atoms with E-state index in [0.717, 1.165) is 11.1 Å². The molecular weight excluding hydrogens is 528 g/mol. The first-order chi connectivity index (χ1) is 19.5. The van der Waals surface area contributed by atoms with E-state index in [1.807, 2.05) is 54.6 Å². The van der Waals surface area contributed by atoms with Crippen molar-refractivity contribution in [3.63, 3.8) is 0 Å². The standard InChI is InChI=1S/C29H24N6O4S/c1-39-23-11-5-2-8-18(23)16-30-25(36)15-22-28(38)33-27-20-9-3-4-10-21(20)32-29(35(22)27)40-17-19-14-26(37)34-13-7-6-12-24(34)31-19/h2-14,22H,15-17H2,1H3,(H,30,36). The van der Waals surface area contributed by atoms with Gasteiger partial charge < -0.3 is 10.1 Å². The molecule has 2 aromatic heterocycles. The van der Waals surface area contributed by atoms with Gasteiger partial charge in [-0.15, -0.1) is 0 Å². The number of ether oxygens (including phenoxy) is 1. The predicted octanol–water partition coefficient (Wildman–Crippen LogP) is 3.30. The number of carbonyl (C=O) groups excluding carboxylic acids is 2. The third-order valence-corrected chi connectivity index (χ3v) is 7.61. The van der Waals surface area contributed by atoms with Crippen LogP contribution in [-0.2, 0) is 21.9 Å². The number of para-hydroxylation sites is 2. The number of hydrogen-bond donors (Lipinski definition) is 1. The first kappa shape index (κ1) is 25.5. The fourth-order valence-corrected chi connectivity index (χ4v) is 5.65. The van der Waals surface area contributed by atoms with E-state index in [1.54, 1.807) is 30.3 Å². The molecule has 10 nitrogen and oxygen atoms in total. The summed E-state index contributed by atoms with van der Waals surface area (Å²) in [5.41, 5.74) is 3.18. The quantitative estimate of drug-likeness (QED) is 0.374. The number of nitrogens with one attached hydrogen (secondary N) is 1. The highest BCUT2D eigenvalue weighted by atomic mass is 32.2. The molecule has 6 rings (SSSR count). The van der Waals surface area contributed by atoms with Crippen molar-refractivity contribution in [2.45, 2.75) is 24.8 Å². The minimum absolute atomic E-state index is 0.0989. The number of pyridine rings is 1. The van der Waals surface area contributed by atoms with E-state index >= 15 is 0 Å². The minimum Gasteiger partial charge on any atom is -0.496 e. The number of nitrogens with zero attached hydrogens (tertiary/aromatic N) is 5. The van der Waals surface area contributed by atoms with Gasteiger partial charge in [-0.2, -0.15) is 4.99 Å². The van der Waals surface area contributed by atoms with Crippen LogP contribution in [0.25, 0.3) is 5.65 Å². The molecule has 2 amide bonds. The van der Waals surface area contributed by atoms with Crippen molar-refractivity contribution in [3.05, 3.63) is 106 Å². The van der Waals surface area contributed by atoms with Gasteiger partial charge in [-0.3, -0.25) is 23.7 Å². The Kier molecular flexibility index (Phi) is 6.87. The van der Waals surface area contributed by atoms with Gasteiger partial charge in [-0.05, 0) is 30.3 Å². The Morgan fingerprint density at radius 3 is 2.70 bits per heavy atom. The van der Waals surface area contributed by atoms with Crippen molar-refractivity contribution in [3.8, 4) is 5.75 Å². The first-order valence-corrected chi connectivity index (χ1v) is 13.6. The van der Waals surface area contributed by atoms with E-state index in [2.05, 4.69) is 15.3 Å². The van der Waals surface area contributed by atoms with Crippen LogP contribution in [0, 0.1) is 0 Å². The zero-order chi connectivity index (χ0) is 27.6. The van der Waals surface area contributed by atoms with Gasteiger partial charge in [0.15, 0.2) is 5.17 Å². The summed E-state index contributed by atoms with van der Waals surface area (Å²) in [5, 5.41) is 3.40. The van der Waals surface area contributed by atoms with Crippen molar-refractivity contribution in [2.75, 3.05) is 7.11 Å². The average Bonchev–Trinajstić information content (AvgIpc) is 3.30. The van der Waals surface area contributed by atoms with Crippen molar-refractivity contribution in [1.82, 2.24) is 19.6 Å². The van der Waals surface area contributed by atoms with E-state index < -0.39 is 11.9 Å². The molecule has 4 aromatic rings. The van der Waals surface area contributed by atoms with E-state index in [1.165, 1.54) is 22.2 Å². The van der Waals surface area contributed by atoms with Crippen molar-refractivity contribution in [2.24, 2.45) is 9.98 Å². The van der Waals surface area contributed by atoms with E-state index in [4.69, 9.17) is 9.73 Å². The van der Waals surface area contributed by atoms with Crippen LogP contribution in [0.4, 0.5) is 5.69 Å². The highest BCUT2D eigenvalue weighted by molar-refractivity contribution is 8.13. The van der Waals surface area contributed by atoms with Crippen LogP contribution < -0.4 is 15.6 Å². The average molecular weight is 553 g/mol. The summed E-state index contributed by atoms with van der Waals surface area (Å²) in [6.45, 7) is 0.263. The Balaban J connectivity index is 1.24. The smallest absolute Gasteiger partial charge is 0.271 e. The summed E-state index contributed by atoms with van der Waals surface area (Å²) >= 11 is 1.34. The predicted molar refractivity (Wildman–Crippen MR) is 153 cm³/mol. The molecule has 200 valence electrons. The normalized spacial score (nSPS) is 15.8. The molecule has 1 atom stereocenters. The zero-order valence-corrected chi connectivity index (χ0v) is 22.3. The minimum atomic E-state index is -0.845. The maximum absolute atomic E-state index is 13.1. The van der Waals surface area contributed by atoms with Crippen LogP contribution in [-0.4, -0.2) is 50.3 Å². The topological polar surface area (TPSA) is 118 Å². The second kappa shape index (κ2) is 10.8. The SMILES string of the molecule is COc1ccccc1CNC(=O)CC1C(=O)N=C2c3ccccc3N=C(SCc3cc(=O)n4ccccc4n3)N21. The second-order valence-corrected chi connectivity index (χ2v) is 10.1.